The van der Waals surface area contributed by atoms with Crippen molar-refractivity contribution >= 4 is 80.0 Å². The molecule has 1 aromatic heterocycles. The highest BCUT2D eigenvalue weighted by atomic mass is 32.2. The van der Waals surface area contributed by atoms with E-state index in [-0.39, 0.29) is 6.71 Å². The van der Waals surface area contributed by atoms with Gasteiger partial charge in [-0.3, -0.25) is 0 Å². The van der Waals surface area contributed by atoms with Gasteiger partial charge in [0.25, 0.3) is 6.71 Å². The Morgan fingerprint density at radius 1 is 0.535 bits per heavy atom. The third-order valence-electron chi connectivity index (χ3n) is 9.05. The van der Waals surface area contributed by atoms with Crippen LogP contribution < -0.4 is 26.2 Å². The summed E-state index contributed by atoms with van der Waals surface area (Å²) in [7, 11) is 0. The summed E-state index contributed by atoms with van der Waals surface area (Å²) < 4.78 is 6.18. The van der Waals surface area contributed by atoms with Crippen LogP contribution in [0.5, 0.6) is 0 Å². The monoisotopic (exact) mass is 566 g/mol. The number of nitrogens with zero attached hydrogens (tertiary/aromatic N) is 2. The molecular weight excluding hydrogens is 543 g/mol. The smallest absolute Gasteiger partial charge is 0.252 e. The molecule has 6 aromatic carbocycles. The van der Waals surface area contributed by atoms with Crippen LogP contribution >= 0.6 is 11.8 Å². The molecule has 43 heavy (non-hydrogen) atoms. The van der Waals surface area contributed by atoms with E-state index in [1.807, 2.05) is 30.0 Å². The fourth-order valence-electron chi connectivity index (χ4n) is 7.26. The summed E-state index contributed by atoms with van der Waals surface area (Å²) in [6.45, 7) is 0.158. The van der Waals surface area contributed by atoms with Crippen LogP contribution in [-0.2, 0) is 0 Å². The van der Waals surface area contributed by atoms with Gasteiger partial charge in [-0.15, -0.1) is 0 Å². The Morgan fingerprint density at radius 2 is 1.21 bits per heavy atom. The van der Waals surface area contributed by atoms with Crippen LogP contribution in [0.2, 0.25) is 0 Å². The molecule has 0 saturated heterocycles. The molecule has 0 unspecified atom stereocenters. The maximum absolute atomic E-state index is 6.18. The number of furan rings is 1. The molecular formula is C38H23BN2OS. The highest BCUT2D eigenvalue weighted by molar-refractivity contribution is 7.99. The Bertz CT molecular complexity index is 2220. The highest BCUT2D eigenvalue weighted by Gasteiger charge is 2.44. The topological polar surface area (TPSA) is 19.6 Å². The van der Waals surface area contributed by atoms with Crippen molar-refractivity contribution in [1.29, 1.82) is 0 Å². The Balaban J connectivity index is 1.18. The van der Waals surface area contributed by atoms with E-state index in [1.54, 1.807) is 0 Å². The van der Waals surface area contributed by atoms with E-state index in [0.29, 0.717) is 0 Å². The average molecular weight is 566 g/mol. The van der Waals surface area contributed by atoms with Crippen LogP contribution in [-0.4, -0.2) is 6.71 Å². The first-order valence-electron chi connectivity index (χ1n) is 14.6. The summed E-state index contributed by atoms with van der Waals surface area (Å²) in [5.41, 5.74) is 13.5. The number of anilines is 6. The van der Waals surface area contributed by atoms with Crippen molar-refractivity contribution in [2.45, 2.75) is 9.79 Å². The van der Waals surface area contributed by atoms with Gasteiger partial charge < -0.3 is 14.2 Å². The largest absolute Gasteiger partial charge is 0.456 e. The second-order valence-corrected chi connectivity index (χ2v) is 12.4. The molecule has 0 aliphatic carbocycles. The van der Waals surface area contributed by atoms with Crippen LogP contribution in [0.1, 0.15) is 0 Å². The van der Waals surface area contributed by atoms with Crippen LogP contribution in [0.3, 0.4) is 0 Å². The summed E-state index contributed by atoms with van der Waals surface area (Å²) in [5.74, 6) is 0.887. The van der Waals surface area contributed by atoms with Crippen LogP contribution in [0.4, 0.5) is 34.1 Å². The second-order valence-electron chi connectivity index (χ2n) is 11.3. The molecule has 5 heteroatoms. The Hall–Kier alpha value is -5.13. The fourth-order valence-corrected chi connectivity index (χ4v) is 8.36. The SMILES string of the molecule is c1ccc2c(c1)Sc1cccc3c1N2c1cccc2c1B3c1ccccc1N2c1ccc(-c2cc3ccccc3o2)cc1. The van der Waals surface area contributed by atoms with Gasteiger partial charge in [-0.1, -0.05) is 78.5 Å². The predicted octanol–water partition coefficient (Wildman–Crippen LogP) is 8.65. The van der Waals surface area contributed by atoms with E-state index in [2.05, 4.69) is 131 Å². The van der Waals surface area contributed by atoms with Gasteiger partial charge in [-0.2, -0.15) is 0 Å². The summed E-state index contributed by atoms with van der Waals surface area (Å²) in [4.78, 5) is 7.54. The molecule has 0 atom stereocenters. The van der Waals surface area contributed by atoms with Gasteiger partial charge in [0.15, 0.2) is 0 Å². The minimum absolute atomic E-state index is 0.158. The van der Waals surface area contributed by atoms with Gasteiger partial charge in [-0.25, -0.2) is 0 Å². The van der Waals surface area contributed by atoms with Gasteiger partial charge >= 0.3 is 0 Å². The van der Waals surface area contributed by atoms with Gasteiger partial charge in [0, 0.05) is 43.5 Å². The first-order chi connectivity index (χ1) is 21.3. The lowest BCUT2D eigenvalue weighted by atomic mass is 9.33. The molecule has 0 N–H and O–H groups in total. The van der Waals surface area contributed by atoms with Crippen LogP contribution in [0.15, 0.2) is 154 Å². The molecule has 0 radical (unpaired) electrons. The quantitative estimate of drug-likeness (QED) is 0.195. The van der Waals surface area contributed by atoms with Crippen molar-refractivity contribution < 1.29 is 4.42 Å². The number of benzene rings is 6. The zero-order valence-corrected chi connectivity index (χ0v) is 23.9. The van der Waals surface area contributed by atoms with E-state index < -0.39 is 0 Å². The Kier molecular flexibility index (Phi) is 4.74. The molecule has 3 aliphatic heterocycles. The van der Waals surface area contributed by atoms with Crippen molar-refractivity contribution in [3.8, 4) is 11.3 Å². The first-order valence-corrected chi connectivity index (χ1v) is 15.5. The van der Waals surface area contributed by atoms with E-state index >= 15 is 0 Å². The van der Waals surface area contributed by atoms with Gasteiger partial charge in [-0.05, 0) is 89.2 Å². The predicted molar refractivity (Wildman–Crippen MR) is 180 cm³/mol. The lowest BCUT2D eigenvalue weighted by Crippen LogP contribution is -2.61. The molecule has 0 fully saturated rings. The van der Waals surface area contributed by atoms with Crippen molar-refractivity contribution in [3.63, 3.8) is 0 Å². The maximum Gasteiger partial charge on any atom is 0.252 e. The number of hydrogen-bond acceptors (Lipinski definition) is 4. The van der Waals surface area contributed by atoms with Gasteiger partial charge in [0.05, 0.1) is 11.4 Å². The Labute approximate surface area is 254 Å². The highest BCUT2D eigenvalue weighted by Crippen LogP contribution is 2.53. The number of para-hydroxylation sites is 4. The zero-order chi connectivity index (χ0) is 28.1. The molecule has 3 nitrogen and oxygen atoms in total. The van der Waals surface area contributed by atoms with Crippen molar-refractivity contribution in [2.75, 3.05) is 9.80 Å². The molecule has 200 valence electrons. The minimum Gasteiger partial charge on any atom is -0.456 e. The third-order valence-corrected chi connectivity index (χ3v) is 10.2. The molecule has 10 rings (SSSR count). The molecule has 0 spiro atoms. The molecule has 0 amide bonds. The average Bonchev–Trinajstić information content (AvgIpc) is 3.50. The first kappa shape index (κ1) is 23.4. The van der Waals surface area contributed by atoms with Gasteiger partial charge in [0.2, 0.25) is 0 Å². The summed E-state index contributed by atoms with van der Waals surface area (Å²) in [5, 5.41) is 1.12. The number of rotatable bonds is 2. The lowest BCUT2D eigenvalue weighted by Gasteiger charge is -2.46. The van der Waals surface area contributed by atoms with E-state index in [1.165, 1.54) is 54.6 Å². The van der Waals surface area contributed by atoms with Gasteiger partial charge in [0.1, 0.15) is 11.3 Å². The summed E-state index contributed by atoms with van der Waals surface area (Å²) in [6.07, 6.45) is 0. The third kappa shape index (κ3) is 3.23. The molecule has 0 saturated carbocycles. The zero-order valence-electron chi connectivity index (χ0n) is 23.1. The minimum atomic E-state index is 0.158. The second kappa shape index (κ2) is 8.70. The standard InChI is InChI=1S/C38H23BN2OS/c1-5-16-33-25(9-1)23-34(42-33)24-19-21-26(22-20-24)40-29-12-3-2-10-27(29)39-28-11-7-18-36-38(28)41(30-13-4-6-17-35(30)43-36)32-15-8-14-31(40)37(32)39/h1-23H. The molecule has 4 heterocycles. The molecule has 3 aliphatic rings. The number of fused-ring (bicyclic) bond motifs is 7. The van der Waals surface area contributed by atoms with E-state index in [9.17, 15) is 0 Å². The van der Waals surface area contributed by atoms with E-state index in [4.69, 9.17) is 4.42 Å². The lowest BCUT2D eigenvalue weighted by molar-refractivity contribution is 0.631. The summed E-state index contributed by atoms with van der Waals surface area (Å²) in [6, 6.07) is 50.4. The van der Waals surface area contributed by atoms with Crippen molar-refractivity contribution in [1.82, 2.24) is 0 Å². The Morgan fingerprint density at radius 3 is 2.09 bits per heavy atom. The maximum atomic E-state index is 6.18. The molecule has 0 bridgehead atoms. The van der Waals surface area contributed by atoms with Crippen LogP contribution in [0.25, 0.3) is 22.3 Å². The summed E-state index contributed by atoms with van der Waals surface area (Å²) >= 11 is 1.88. The molecule has 7 aromatic rings. The fraction of sp³-hybridized carbons (Fsp3) is 0. The van der Waals surface area contributed by atoms with Crippen molar-refractivity contribution in [3.05, 3.63) is 140 Å². The number of hydrogen-bond donors (Lipinski definition) is 0. The van der Waals surface area contributed by atoms with E-state index in [0.717, 1.165) is 28.0 Å². The normalized spacial score (nSPS) is 13.8. The van der Waals surface area contributed by atoms with Crippen LogP contribution in [0, 0.1) is 0 Å². The van der Waals surface area contributed by atoms with Crippen molar-refractivity contribution in [2.24, 2.45) is 0 Å².